The van der Waals surface area contributed by atoms with E-state index in [-0.39, 0.29) is 24.2 Å². The molecule has 0 radical (unpaired) electrons. The molecule has 1 atom stereocenters. The number of nitrogens with one attached hydrogen (secondary N) is 1. The van der Waals surface area contributed by atoms with Crippen LogP contribution in [-0.4, -0.2) is 35.9 Å². The number of hydrogen-bond acceptors (Lipinski definition) is 3. The van der Waals surface area contributed by atoms with E-state index in [1.807, 2.05) is 0 Å². The minimum absolute atomic E-state index is 0.0595. The third kappa shape index (κ3) is 2.74. The summed E-state index contributed by atoms with van der Waals surface area (Å²) < 4.78 is 5.47. The van der Waals surface area contributed by atoms with Gasteiger partial charge in [0.15, 0.2) is 0 Å². The highest BCUT2D eigenvalue weighted by atomic mass is 16.5. The number of aliphatic hydroxyl groups is 1. The van der Waals surface area contributed by atoms with Gasteiger partial charge in [-0.05, 0) is 38.5 Å². The van der Waals surface area contributed by atoms with Crippen LogP contribution in [0.2, 0.25) is 0 Å². The fourth-order valence-electron chi connectivity index (χ4n) is 2.45. The van der Waals surface area contributed by atoms with Crippen molar-refractivity contribution in [3.05, 3.63) is 0 Å². The SMILES string of the molecule is O=C(CCC1CCCO1)NC1(CO)CCC1. The molecule has 1 aliphatic heterocycles. The van der Waals surface area contributed by atoms with E-state index in [0.29, 0.717) is 6.42 Å². The second-order valence-corrected chi connectivity index (χ2v) is 5.01. The van der Waals surface area contributed by atoms with Crippen LogP contribution in [0.5, 0.6) is 0 Å². The van der Waals surface area contributed by atoms with Gasteiger partial charge in [-0.3, -0.25) is 4.79 Å². The molecule has 1 unspecified atom stereocenters. The van der Waals surface area contributed by atoms with Crippen molar-refractivity contribution < 1.29 is 14.6 Å². The van der Waals surface area contributed by atoms with Gasteiger partial charge in [-0.15, -0.1) is 0 Å². The van der Waals surface area contributed by atoms with Crippen LogP contribution < -0.4 is 5.32 Å². The number of carbonyl (C=O) groups excluding carboxylic acids is 1. The van der Waals surface area contributed by atoms with Gasteiger partial charge in [-0.1, -0.05) is 0 Å². The Kier molecular flexibility index (Phi) is 3.82. The van der Waals surface area contributed by atoms with Crippen LogP contribution in [0, 0.1) is 0 Å². The van der Waals surface area contributed by atoms with Crippen LogP contribution in [-0.2, 0) is 9.53 Å². The predicted octanol–water partition coefficient (Wildman–Crippen LogP) is 0.977. The molecule has 2 aliphatic rings. The molecule has 92 valence electrons. The van der Waals surface area contributed by atoms with Gasteiger partial charge in [0.05, 0.1) is 18.2 Å². The lowest BCUT2D eigenvalue weighted by Crippen LogP contribution is -2.56. The molecule has 4 heteroatoms. The lowest BCUT2D eigenvalue weighted by atomic mass is 9.77. The predicted molar refractivity (Wildman–Crippen MR) is 60.0 cm³/mol. The molecule has 4 nitrogen and oxygen atoms in total. The number of aliphatic hydroxyl groups excluding tert-OH is 1. The van der Waals surface area contributed by atoms with Crippen molar-refractivity contribution in [3.63, 3.8) is 0 Å². The molecule has 2 fully saturated rings. The zero-order valence-electron chi connectivity index (χ0n) is 9.71. The molecular weight excluding hydrogens is 206 g/mol. The molecule has 0 aromatic rings. The molecule has 1 heterocycles. The summed E-state index contributed by atoms with van der Waals surface area (Å²) in [6, 6.07) is 0. The summed E-state index contributed by atoms with van der Waals surface area (Å²) in [5.74, 6) is 0.0595. The summed E-state index contributed by atoms with van der Waals surface area (Å²) in [5, 5.41) is 12.2. The maximum Gasteiger partial charge on any atom is 0.220 e. The smallest absolute Gasteiger partial charge is 0.220 e. The average molecular weight is 227 g/mol. The van der Waals surface area contributed by atoms with E-state index in [2.05, 4.69) is 5.32 Å². The Morgan fingerprint density at radius 3 is 2.75 bits per heavy atom. The van der Waals surface area contributed by atoms with E-state index in [9.17, 15) is 9.90 Å². The molecule has 1 aliphatic carbocycles. The molecule has 1 amide bonds. The molecule has 0 spiro atoms. The Balaban J connectivity index is 1.67. The van der Waals surface area contributed by atoms with Gasteiger partial charge in [0.2, 0.25) is 5.91 Å². The van der Waals surface area contributed by atoms with Crippen LogP contribution in [0.3, 0.4) is 0 Å². The summed E-state index contributed by atoms with van der Waals surface area (Å²) >= 11 is 0. The second-order valence-electron chi connectivity index (χ2n) is 5.01. The van der Waals surface area contributed by atoms with Crippen molar-refractivity contribution in [2.24, 2.45) is 0 Å². The van der Waals surface area contributed by atoms with Gasteiger partial charge in [0, 0.05) is 13.0 Å². The fraction of sp³-hybridized carbons (Fsp3) is 0.917. The first-order chi connectivity index (χ1) is 7.74. The van der Waals surface area contributed by atoms with Gasteiger partial charge < -0.3 is 15.2 Å². The fourth-order valence-corrected chi connectivity index (χ4v) is 2.45. The number of amides is 1. The molecule has 16 heavy (non-hydrogen) atoms. The van der Waals surface area contributed by atoms with E-state index in [1.54, 1.807) is 0 Å². The standard InChI is InChI=1S/C12H21NO3/c14-9-12(6-2-7-12)13-11(15)5-4-10-3-1-8-16-10/h10,14H,1-9H2,(H,13,15). The number of hydrogen-bond donors (Lipinski definition) is 2. The van der Waals surface area contributed by atoms with Crippen LogP contribution >= 0.6 is 0 Å². The molecule has 1 saturated heterocycles. The van der Waals surface area contributed by atoms with Crippen molar-refractivity contribution in [3.8, 4) is 0 Å². The van der Waals surface area contributed by atoms with E-state index >= 15 is 0 Å². The van der Waals surface area contributed by atoms with Gasteiger partial charge in [-0.2, -0.15) is 0 Å². The lowest BCUT2D eigenvalue weighted by Gasteiger charge is -2.41. The topological polar surface area (TPSA) is 58.6 Å². The Hall–Kier alpha value is -0.610. The van der Waals surface area contributed by atoms with E-state index < -0.39 is 0 Å². The third-order valence-electron chi connectivity index (χ3n) is 3.74. The van der Waals surface area contributed by atoms with E-state index in [4.69, 9.17) is 4.74 Å². The van der Waals surface area contributed by atoms with E-state index in [0.717, 1.165) is 45.1 Å². The first kappa shape index (κ1) is 11.9. The number of carbonyl (C=O) groups is 1. The minimum atomic E-state index is -0.298. The number of rotatable bonds is 5. The van der Waals surface area contributed by atoms with Crippen molar-refractivity contribution in [2.45, 2.75) is 56.6 Å². The lowest BCUT2D eigenvalue weighted by molar-refractivity contribution is -0.125. The van der Waals surface area contributed by atoms with Crippen LogP contribution in [0.4, 0.5) is 0 Å². The monoisotopic (exact) mass is 227 g/mol. The summed E-state index contributed by atoms with van der Waals surface area (Å²) in [4.78, 5) is 11.7. The maximum atomic E-state index is 11.7. The molecule has 0 aromatic heterocycles. The number of ether oxygens (including phenoxy) is 1. The molecule has 0 bridgehead atoms. The van der Waals surface area contributed by atoms with Gasteiger partial charge in [0.25, 0.3) is 0 Å². The first-order valence-electron chi connectivity index (χ1n) is 6.28. The normalized spacial score (nSPS) is 27.4. The zero-order chi connectivity index (χ0) is 11.4. The highest BCUT2D eigenvalue weighted by molar-refractivity contribution is 5.77. The third-order valence-corrected chi connectivity index (χ3v) is 3.74. The minimum Gasteiger partial charge on any atom is -0.394 e. The van der Waals surface area contributed by atoms with Crippen LogP contribution in [0.25, 0.3) is 0 Å². The Morgan fingerprint density at radius 2 is 2.25 bits per heavy atom. The van der Waals surface area contributed by atoms with Crippen LogP contribution in [0.1, 0.15) is 44.9 Å². The summed E-state index contributed by atoms with van der Waals surface area (Å²) in [6.45, 7) is 0.908. The summed E-state index contributed by atoms with van der Waals surface area (Å²) in [7, 11) is 0. The molecular formula is C12H21NO3. The van der Waals surface area contributed by atoms with Gasteiger partial charge in [-0.25, -0.2) is 0 Å². The largest absolute Gasteiger partial charge is 0.394 e. The van der Waals surface area contributed by atoms with Crippen molar-refractivity contribution in [1.29, 1.82) is 0 Å². The second kappa shape index (κ2) is 5.15. The summed E-state index contributed by atoms with van der Waals surface area (Å²) in [6.07, 6.45) is 6.74. The molecule has 2 N–H and O–H groups in total. The van der Waals surface area contributed by atoms with Crippen LogP contribution in [0.15, 0.2) is 0 Å². The Morgan fingerprint density at radius 1 is 1.44 bits per heavy atom. The molecule has 0 aromatic carbocycles. The van der Waals surface area contributed by atoms with Gasteiger partial charge in [0.1, 0.15) is 0 Å². The van der Waals surface area contributed by atoms with Crippen molar-refractivity contribution in [1.82, 2.24) is 5.32 Å². The average Bonchev–Trinajstić information content (AvgIpc) is 2.73. The highest BCUT2D eigenvalue weighted by Gasteiger charge is 2.37. The van der Waals surface area contributed by atoms with Crippen molar-refractivity contribution >= 4 is 5.91 Å². The summed E-state index contributed by atoms with van der Waals surface area (Å²) in [5.41, 5.74) is -0.298. The van der Waals surface area contributed by atoms with Gasteiger partial charge >= 0.3 is 0 Å². The van der Waals surface area contributed by atoms with Crippen molar-refractivity contribution in [2.75, 3.05) is 13.2 Å². The maximum absolute atomic E-state index is 11.7. The zero-order valence-corrected chi connectivity index (χ0v) is 9.71. The molecule has 2 rings (SSSR count). The molecule has 1 saturated carbocycles. The quantitative estimate of drug-likeness (QED) is 0.736. The first-order valence-corrected chi connectivity index (χ1v) is 6.28. The highest BCUT2D eigenvalue weighted by Crippen LogP contribution is 2.31. The Bertz CT molecular complexity index is 239. The van der Waals surface area contributed by atoms with E-state index in [1.165, 1.54) is 0 Å². The Labute approximate surface area is 96.4 Å².